The topological polar surface area (TPSA) is 96.0 Å². The lowest BCUT2D eigenvalue weighted by molar-refractivity contribution is -0.136. The number of hydrogen-bond acceptors (Lipinski definition) is 5. The van der Waals surface area contributed by atoms with Crippen molar-refractivity contribution in [1.29, 1.82) is 0 Å². The number of nitrogens with zero attached hydrogens (tertiary/aromatic N) is 2. The Bertz CT molecular complexity index is 940. The van der Waals surface area contributed by atoms with E-state index >= 15 is 0 Å². The summed E-state index contributed by atoms with van der Waals surface area (Å²) in [5.74, 6) is -0.436. The minimum absolute atomic E-state index is 0.0821. The van der Waals surface area contributed by atoms with Gasteiger partial charge in [0.05, 0.1) is 6.61 Å². The highest BCUT2D eigenvalue weighted by atomic mass is 32.2. The van der Waals surface area contributed by atoms with E-state index in [-0.39, 0.29) is 37.3 Å². The number of amides is 2. The minimum Gasteiger partial charge on any atom is -0.380 e. The van der Waals surface area contributed by atoms with Crippen LogP contribution >= 0.6 is 0 Å². The summed E-state index contributed by atoms with van der Waals surface area (Å²) in [6.07, 6.45) is 4.48. The van der Waals surface area contributed by atoms with Gasteiger partial charge in [-0.3, -0.25) is 9.59 Å². The molecule has 33 heavy (non-hydrogen) atoms. The second-order valence-corrected chi connectivity index (χ2v) is 10.6. The Labute approximate surface area is 197 Å². The van der Waals surface area contributed by atoms with Crippen molar-refractivity contribution in [2.75, 3.05) is 39.9 Å². The monoisotopic (exact) mass is 477 g/mol. The molecule has 0 saturated carbocycles. The van der Waals surface area contributed by atoms with Crippen LogP contribution in [0, 0.1) is 5.92 Å². The summed E-state index contributed by atoms with van der Waals surface area (Å²) in [7, 11) is -2.24. The molecule has 1 atom stereocenters. The van der Waals surface area contributed by atoms with E-state index in [0.717, 1.165) is 12.0 Å². The number of benzene rings is 1. The summed E-state index contributed by atoms with van der Waals surface area (Å²) in [4.78, 5) is 27.0. The van der Waals surface area contributed by atoms with Gasteiger partial charge < -0.3 is 9.64 Å². The van der Waals surface area contributed by atoms with E-state index in [4.69, 9.17) is 4.74 Å². The van der Waals surface area contributed by atoms with E-state index < -0.39 is 16.1 Å². The molecule has 9 heteroatoms. The van der Waals surface area contributed by atoms with Crippen molar-refractivity contribution in [3.05, 3.63) is 47.5 Å². The average Bonchev–Trinajstić information content (AvgIpc) is 2.83. The van der Waals surface area contributed by atoms with Crippen LogP contribution in [0.4, 0.5) is 0 Å². The van der Waals surface area contributed by atoms with Crippen LogP contribution in [0.5, 0.6) is 0 Å². The standard InChI is InChI=1S/C24H35N3O5S/c1-19(21-6-4-3-5-7-21)8-9-23(28)25-33(30,31)27-16-12-22(13-17-27)24(29)26-14-10-20(11-15-26)18-32-2/h3-7,10,19,22H,8-9,11-18H2,1-2H3,(H,25,28). The molecular weight excluding hydrogens is 442 g/mol. The molecule has 0 spiro atoms. The van der Waals surface area contributed by atoms with Gasteiger partial charge in [-0.25, -0.2) is 4.72 Å². The Hall–Kier alpha value is -2.23. The third-order valence-corrected chi connectivity index (χ3v) is 8.03. The quantitative estimate of drug-likeness (QED) is 0.551. The molecule has 0 bridgehead atoms. The molecule has 2 heterocycles. The number of rotatable bonds is 9. The zero-order valence-electron chi connectivity index (χ0n) is 19.5. The zero-order valence-corrected chi connectivity index (χ0v) is 20.4. The summed E-state index contributed by atoms with van der Waals surface area (Å²) in [5.41, 5.74) is 2.33. The molecule has 1 unspecified atom stereocenters. The molecule has 2 amide bonds. The fourth-order valence-electron chi connectivity index (χ4n) is 4.38. The molecule has 0 radical (unpaired) electrons. The van der Waals surface area contributed by atoms with Crippen molar-refractivity contribution in [2.45, 2.75) is 44.9 Å². The lowest BCUT2D eigenvalue weighted by Crippen LogP contribution is -2.49. The van der Waals surface area contributed by atoms with Gasteiger partial charge in [-0.1, -0.05) is 43.3 Å². The van der Waals surface area contributed by atoms with E-state index in [1.807, 2.05) is 48.2 Å². The van der Waals surface area contributed by atoms with Crippen LogP contribution in [0.15, 0.2) is 42.0 Å². The Morgan fingerprint density at radius 3 is 2.45 bits per heavy atom. The number of hydrogen-bond donors (Lipinski definition) is 1. The maximum absolute atomic E-state index is 12.8. The number of nitrogens with one attached hydrogen (secondary N) is 1. The Balaban J connectivity index is 1.43. The maximum atomic E-state index is 12.8. The molecule has 3 rings (SSSR count). The smallest absolute Gasteiger partial charge is 0.303 e. The molecule has 1 N–H and O–H groups in total. The van der Waals surface area contributed by atoms with Gasteiger partial charge in [0, 0.05) is 45.6 Å². The van der Waals surface area contributed by atoms with Crippen LogP contribution in [0.2, 0.25) is 0 Å². The Morgan fingerprint density at radius 1 is 1.15 bits per heavy atom. The number of carbonyl (C=O) groups is 2. The Morgan fingerprint density at radius 2 is 1.85 bits per heavy atom. The normalized spacial score (nSPS) is 19.1. The third kappa shape index (κ3) is 7.12. The first-order valence-electron chi connectivity index (χ1n) is 11.6. The minimum atomic E-state index is -3.90. The van der Waals surface area contributed by atoms with Gasteiger partial charge in [-0.2, -0.15) is 12.7 Å². The zero-order chi connectivity index (χ0) is 23.8. The van der Waals surface area contributed by atoms with Crippen LogP contribution in [0.25, 0.3) is 0 Å². The molecule has 1 aromatic carbocycles. The van der Waals surface area contributed by atoms with Crippen LogP contribution in [0.3, 0.4) is 0 Å². The SMILES string of the molecule is COCC1=CCN(C(=O)C2CCN(S(=O)(=O)NC(=O)CCC(C)c3ccccc3)CC2)CC1. The van der Waals surface area contributed by atoms with Crippen molar-refractivity contribution in [3.63, 3.8) is 0 Å². The number of methoxy groups -OCH3 is 1. The van der Waals surface area contributed by atoms with Gasteiger partial charge in [0.1, 0.15) is 0 Å². The first-order chi connectivity index (χ1) is 15.8. The van der Waals surface area contributed by atoms with Crippen LogP contribution < -0.4 is 4.72 Å². The number of carbonyl (C=O) groups excluding carboxylic acids is 2. The van der Waals surface area contributed by atoms with E-state index in [9.17, 15) is 18.0 Å². The van der Waals surface area contributed by atoms with E-state index in [1.165, 1.54) is 9.88 Å². The van der Waals surface area contributed by atoms with Crippen LogP contribution in [-0.4, -0.2) is 69.3 Å². The predicted octanol–water partition coefficient (Wildman–Crippen LogP) is 2.45. The molecule has 2 aliphatic rings. The van der Waals surface area contributed by atoms with Crippen molar-refractivity contribution in [3.8, 4) is 0 Å². The lowest BCUT2D eigenvalue weighted by Gasteiger charge is -2.34. The van der Waals surface area contributed by atoms with Crippen LogP contribution in [0.1, 0.15) is 50.5 Å². The number of piperidine rings is 1. The van der Waals surface area contributed by atoms with Crippen molar-refractivity contribution < 1.29 is 22.7 Å². The van der Waals surface area contributed by atoms with Gasteiger partial charge >= 0.3 is 10.2 Å². The Kier molecular flexibility index (Phi) is 9.05. The van der Waals surface area contributed by atoms with Crippen molar-refractivity contribution >= 4 is 22.0 Å². The second-order valence-electron chi connectivity index (χ2n) is 8.88. The largest absolute Gasteiger partial charge is 0.380 e. The molecule has 1 saturated heterocycles. The highest BCUT2D eigenvalue weighted by Gasteiger charge is 2.34. The lowest BCUT2D eigenvalue weighted by atomic mass is 9.95. The summed E-state index contributed by atoms with van der Waals surface area (Å²) in [5, 5.41) is 0. The highest BCUT2D eigenvalue weighted by molar-refractivity contribution is 7.87. The van der Waals surface area contributed by atoms with Gasteiger partial charge in [0.15, 0.2) is 0 Å². The van der Waals surface area contributed by atoms with Gasteiger partial charge in [0.2, 0.25) is 11.8 Å². The highest BCUT2D eigenvalue weighted by Crippen LogP contribution is 2.24. The first kappa shape index (κ1) is 25.4. The fraction of sp³-hybridized carbons (Fsp3) is 0.583. The van der Waals surface area contributed by atoms with E-state index in [1.54, 1.807) is 7.11 Å². The summed E-state index contributed by atoms with van der Waals surface area (Å²) in [6, 6.07) is 9.85. The van der Waals surface area contributed by atoms with Gasteiger partial charge in [-0.15, -0.1) is 0 Å². The van der Waals surface area contributed by atoms with Crippen LogP contribution in [-0.2, 0) is 24.5 Å². The first-order valence-corrected chi connectivity index (χ1v) is 13.1. The van der Waals surface area contributed by atoms with Crippen molar-refractivity contribution in [2.24, 2.45) is 5.92 Å². The molecule has 2 aliphatic heterocycles. The average molecular weight is 478 g/mol. The predicted molar refractivity (Wildman–Crippen MR) is 127 cm³/mol. The van der Waals surface area contributed by atoms with Gasteiger partial charge in [0.25, 0.3) is 0 Å². The molecule has 182 valence electrons. The van der Waals surface area contributed by atoms with E-state index in [2.05, 4.69) is 4.72 Å². The van der Waals surface area contributed by atoms with Gasteiger partial charge in [-0.05, 0) is 42.7 Å². The maximum Gasteiger partial charge on any atom is 0.303 e. The number of ether oxygens (including phenoxy) is 1. The molecule has 1 fully saturated rings. The summed E-state index contributed by atoms with van der Waals surface area (Å²) >= 11 is 0. The third-order valence-electron chi connectivity index (χ3n) is 6.50. The molecule has 0 aliphatic carbocycles. The van der Waals surface area contributed by atoms with E-state index in [0.29, 0.717) is 39.0 Å². The second kappa shape index (κ2) is 11.8. The summed E-state index contributed by atoms with van der Waals surface area (Å²) in [6.45, 7) is 4.33. The summed E-state index contributed by atoms with van der Waals surface area (Å²) < 4.78 is 34.0. The molecular formula is C24H35N3O5S. The molecule has 0 aromatic heterocycles. The fourth-order valence-corrected chi connectivity index (χ4v) is 5.59. The van der Waals surface area contributed by atoms with Crippen molar-refractivity contribution in [1.82, 2.24) is 13.9 Å². The molecule has 1 aromatic rings. The molecule has 8 nitrogen and oxygen atoms in total.